The minimum atomic E-state index is -0.345. The Morgan fingerprint density at radius 3 is 2.45 bits per heavy atom. The number of piperazine rings is 1. The number of nitrogens with one attached hydrogen (secondary N) is 1. The third kappa shape index (κ3) is 5.11. The molecule has 1 aromatic carbocycles. The highest BCUT2D eigenvalue weighted by molar-refractivity contribution is 5.90. The van der Waals surface area contributed by atoms with Crippen molar-refractivity contribution in [1.29, 1.82) is 0 Å². The second kappa shape index (κ2) is 9.85. The first-order valence-electron chi connectivity index (χ1n) is 11.3. The summed E-state index contributed by atoms with van der Waals surface area (Å²) in [6.45, 7) is 4.59. The lowest BCUT2D eigenvalue weighted by molar-refractivity contribution is 0.0200. The molecule has 1 saturated heterocycles. The molecule has 7 nitrogen and oxygen atoms in total. The smallest absolute Gasteiger partial charge is 0.289 e. The number of aliphatic hydroxyl groups is 1. The molecule has 2 aromatic rings. The molecule has 0 bridgehead atoms. The Labute approximate surface area is 184 Å². The first-order chi connectivity index (χ1) is 15.1. The van der Waals surface area contributed by atoms with Crippen LogP contribution < -0.4 is 5.32 Å². The summed E-state index contributed by atoms with van der Waals surface area (Å²) in [7, 11) is 2.15. The molecule has 7 heteroatoms. The Morgan fingerprint density at radius 2 is 1.74 bits per heavy atom. The molecule has 166 valence electrons. The quantitative estimate of drug-likeness (QED) is 0.713. The third-order valence-corrected chi connectivity index (χ3v) is 7.03. The minimum absolute atomic E-state index is 0.174. The number of rotatable bonds is 5. The van der Waals surface area contributed by atoms with Crippen LogP contribution in [0.3, 0.4) is 0 Å². The van der Waals surface area contributed by atoms with E-state index in [0.717, 1.165) is 51.9 Å². The normalized spacial score (nSPS) is 28.1. The molecule has 1 aromatic heterocycles. The zero-order valence-electron chi connectivity index (χ0n) is 18.3. The minimum Gasteiger partial charge on any atom is -0.391 e. The molecule has 31 heavy (non-hydrogen) atoms. The number of benzene rings is 1. The average Bonchev–Trinajstić information content (AvgIpc) is 2.99. The SMILES string of the molecule is CN1CCN([C@H]2CC[C@](CNC(=O)c3ncccn3)(c3ccccc3)CC[C@@H]2O)CC1. The topological polar surface area (TPSA) is 81.6 Å². The van der Waals surface area contributed by atoms with Gasteiger partial charge in [0.2, 0.25) is 5.82 Å². The monoisotopic (exact) mass is 423 g/mol. The zero-order chi connectivity index (χ0) is 21.7. The predicted octanol–water partition coefficient (Wildman–Crippen LogP) is 1.70. The fourth-order valence-corrected chi connectivity index (χ4v) is 5.04. The van der Waals surface area contributed by atoms with Crippen molar-refractivity contribution < 1.29 is 9.90 Å². The summed E-state index contributed by atoms with van der Waals surface area (Å²) < 4.78 is 0. The van der Waals surface area contributed by atoms with E-state index in [-0.39, 0.29) is 29.3 Å². The molecule has 2 fully saturated rings. The summed E-state index contributed by atoms with van der Waals surface area (Å²) in [5.74, 6) is -0.0639. The number of aromatic nitrogens is 2. The number of carbonyl (C=O) groups excluding carboxylic acids is 1. The number of aliphatic hydroxyl groups excluding tert-OH is 1. The van der Waals surface area contributed by atoms with Gasteiger partial charge < -0.3 is 15.3 Å². The largest absolute Gasteiger partial charge is 0.391 e. The molecule has 0 unspecified atom stereocenters. The fourth-order valence-electron chi connectivity index (χ4n) is 5.04. The van der Waals surface area contributed by atoms with Gasteiger partial charge >= 0.3 is 0 Å². The average molecular weight is 424 g/mol. The number of amides is 1. The van der Waals surface area contributed by atoms with Crippen LogP contribution in [-0.4, -0.2) is 82.7 Å². The van der Waals surface area contributed by atoms with E-state index in [1.54, 1.807) is 18.5 Å². The van der Waals surface area contributed by atoms with Gasteiger partial charge in [-0.3, -0.25) is 9.69 Å². The van der Waals surface area contributed by atoms with Crippen molar-refractivity contribution in [3.8, 4) is 0 Å². The van der Waals surface area contributed by atoms with Gasteiger partial charge in [0.05, 0.1) is 6.10 Å². The van der Waals surface area contributed by atoms with Crippen LogP contribution in [0, 0.1) is 0 Å². The van der Waals surface area contributed by atoms with Gasteiger partial charge in [0.15, 0.2) is 0 Å². The van der Waals surface area contributed by atoms with Gasteiger partial charge in [0, 0.05) is 56.6 Å². The van der Waals surface area contributed by atoms with E-state index in [2.05, 4.69) is 56.4 Å². The van der Waals surface area contributed by atoms with Gasteiger partial charge in [0.1, 0.15) is 0 Å². The van der Waals surface area contributed by atoms with Crippen LogP contribution >= 0.6 is 0 Å². The van der Waals surface area contributed by atoms with Crippen molar-refractivity contribution in [2.45, 2.75) is 43.2 Å². The Morgan fingerprint density at radius 1 is 1.06 bits per heavy atom. The molecule has 2 aliphatic rings. The van der Waals surface area contributed by atoms with Crippen LogP contribution in [0.15, 0.2) is 48.8 Å². The summed E-state index contributed by atoms with van der Waals surface area (Å²) in [5.41, 5.74) is 1.00. The molecular weight excluding hydrogens is 390 g/mol. The molecule has 4 rings (SSSR count). The van der Waals surface area contributed by atoms with Crippen LogP contribution in [0.1, 0.15) is 41.9 Å². The van der Waals surface area contributed by atoms with Crippen molar-refractivity contribution in [3.63, 3.8) is 0 Å². The summed E-state index contributed by atoms with van der Waals surface area (Å²) >= 11 is 0. The highest BCUT2D eigenvalue weighted by Crippen LogP contribution is 2.39. The lowest BCUT2D eigenvalue weighted by atomic mass is 9.74. The molecule has 1 aliphatic heterocycles. The molecular formula is C24H33N5O2. The number of nitrogens with zero attached hydrogens (tertiary/aromatic N) is 4. The summed E-state index contributed by atoms with van der Waals surface area (Å²) in [6, 6.07) is 12.3. The molecule has 0 radical (unpaired) electrons. The highest BCUT2D eigenvalue weighted by Gasteiger charge is 2.40. The van der Waals surface area contributed by atoms with E-state index in [4.69, 9.17) is 0 Å². The van der Waals surface area contributed by atoms with Crippen LogP contribution in [0.5, 0.6) is 0 Å². The molecule has 1 saturated carbocycles. The van der Waals surface area contributed by atoms with Gasteiger partial charge in [-0.15, -0.1) is 0 Å². The molecule has 1 amide bonds. The fraction of sp³-hybridized carbons (Fsp3) is 0.542. The van der Waals surface area contributed by atoms with Crippen LogP contribution in [0.25, 0.3) is 0 Å². The Bertz CT molecular complexity index is 842. The maximum Gasteiger partial charge on any atom is 0.289 e. The lowest BCUT2D eigenvalue weighted by Gasteiger charge is -2.39. The van der Waals surface area contributed by atoms with Crippen LogP contribution in [0.2, 0.25) is 0 Å². The summed E-state index contributed by atoms with van der Waals surface area (Å²) in [4.78, 5) is 25.6. The van der Waals surface area contributed by atoms with E-state index in [9.17, 15) is 9.90 Å². The second-order valence-corrected chi connectivity index (χ2v) is 8.95. The first-order valence-corrected chi connectivity index (χ1v) is 11.3. The van der Waals surface area contributed by atoms with E-state index in [1.165, 1.54) is 5.56 Å². The van der Waals surface area contributed by atoms with Gasteiger partial charge in [-0.05, 0) is 44.4 Å². The molecule has 1 aliphatic carbocycles. The summed E-state index contributed by atoms with van der Waals surface area (Å²) in [6.07, 6.45) is 6.21. The maximum absolute atomic E-state index is 12.7. The van der Waals surface area contributed by atoms with Crippen LogP contribution in [0.4, 0.5) is 0 Å². The Hall–Kier alpha value is -2.35. The van der Waals surface area contributed by atoms with Crippen molar-refractivity contribution >= 4 is 5.91 Å². The first kappa shape index (κ1) is 21.9. The molecule has 2 heterocycles. The molecule has 3 atom stereocenters. The lowest BCUT2D eigenvalue weighted by Crippen LogP contribution is -2.52. The standard InChI is InChI=1S/C24H33N5O2/c1-28-14-16-29(17-15-28)20-8-10-24(11-9-21(20)30,19-6-3-2-4-7-19)18-27-23(31)22-25-12-5-13-26-22/h2-7,12-13,20-21,30H,8-11,14-18H2,1H3,(H,27,31)/t20-,21-,24-/m0/s1. The number of likely N-dealkylation sites (N-methyl/N-ethyl adjacent to an activating group) is 1. The Balaban J connectivity index is 1.52. The number of hydrogen-bond donors (Lipinski definition) is 2. The van der Waals surface area contributed by atoms with Crippen molar-refractivity contribution in [3.05, 3.63) is 60.2 Å². The molecule has 2 N–H and O–H groups in total. The van der Waals surface area contributed by atoms with Gasteiger partial charge in [-0.2, -0.15) is 0 Å². The van der Waals surface area contributed by atoms with E-state index < -0.39 is 0 Å². The maximum atomic E-state index is 12.7. The van der Waals surface area contributed by atoms with Gasteiger partial charge in [-0.1, -0.05) is 30.3 Å². The van der Waals surface area contributed by atoms with Crippen molar-refractivity contribution in [2.24, 2.45) is 0 Å². The van der Waals surface area contributed by atoms with E-state index in [1.807, 2.05) is 6.07 Å². The van der Waals surface area contributed by atoms with E-state index in [0.29, 0.717) is 6.54 Å². The van der Waals surface area contributed by atoms with Gasteiger partial charge in [0.25, 0.3) is 5.91 Å². The summed E-state index contributed by atoms with van der Waals surface area (Å²) in [5, 5.41) is 14.1. The Kier molecular flexibility index (Phi) is 6.95. The molecule has 0 spiro atoms. The number of hydrogen-bond acceptors (Lipinski definition) is 6. The van der Waals surface area contributed by atoms with Crippen molar-refractivity contribution in [1.82, 2.24) is 25.1 Å². The van der Waals surface area contributed by atoms with Gasteiger partial charge in [-0.25, -0.2) is 9.97 Å². The highest BCUT2D eigenvalue weighted by atomic mass is 16.3. The zero-order valence-corrected chi connectivity index (χ0v) is 18.3. The van der Waals surface area contributed by atoms with Crippen molar-refractivity contribution in [2.75, 3.05) is 39.8 Å². The van der Waals surface area contributed by atoms with E-state index >= 15 is 0 Å². The third-order valence-electron chi connectivity index (χ3n) is 7.03. The second-order valence-electron chi connectivity index (χ2n) is 8.95. The number of carbonyl (C=O) groups is 1. The van der Waals surface area contributed by atoms with Crippen LogP contribution in [-0.2, 0) is 5.41 Å². The predicted molar refractivity (Wildman–Crippen MR) is 120 cm³/mol.